The monoisotopic (exact) mass is 440 g/mol. The van der Waals surface area contributed by atoms with E-state index in [1.54, 1.807) is 0 Å². The largest absolute Gasteiger partial charge is 0.481 e. The fraction of sp³-hybridized carbons (Fsp3) is 0.828. The van der Waals surface area contributed by atoms with E-state index in [9.17, 15) is 15.0 Å². The van der Waals surface area contributed by atoms with Crippen molar-refractivity contribution in [2.45, 2.75) is 99.0 Å². The number of carboxylic acids is 1. The van der Waals surface area contributed by atoms with Crippen molar-refractivity contribution in [3.63, 3.8) is 0 Å². The Morgan fingerprint density at radius 2 is 1.62 bits per heavy atom. The lowest BCUT2D eigenvalue weighted by Gasteiger charge is -2.67. The normalized spacial score (nSPS) is 50.8. The Morgan fingerprint density at radius 3 is 2.31 bits per heavy atom. The number of carboxylic acid groups (broad SMARTS) is 1. The lowest BCUT2D eigenvalue weighted by atomic mass is 9.38. The summed E-state index contributed by atoms with van der Waals surface area (Å²) in [4.78, 5) is 12.6. The molecular weight excluding hydrogens is 396 g/mol. The Bertz CT molecular complexity index is 881. The third kappa shape index (κ3) is 2.79. The van der Waals surface area contributed by atoms with E-state index in [2.05, 4.69) is 59.8 Å². The average Bonchev–Trinajstić information content (AvgIpc) is 2.70. The van der Waals surface area contributed by atoms with Gasteiger partial charge in [0.05, 0.1) is 11.5 Å². The van der Waals surface area contributed by atoms with Crippen molar-refractivity contribution >= 4 is 5.97 Å². The molecule has 0 radical (unpaired) electrons. The van der Waals surface area contributed by atoms with Crippen LogP contribution in [0.4, 0.5) is 0 Å². The predicted octanol–water partition coefficient (Wildman–Crippen LogP) is 6.62. The van der Waals surface area contributed by atoms with Crippen molar-refractivity contribution in [1.82, 2.24) is 0 Å². The highest BCUT2D eigenvalue weighted by Crippen LogP contribution is 2.71. The number of allylic oxidation sites excluding steroid dienone is 3. The quantitative estimate of drug-likeness (QED) is 0.451. The van der Waals surface area contributed by atoms with E-state index in [1.807, 2.05) is 0 Å². The lowest BCUT2D eigenvalue weighted by Crippen LogP contribution is -2.61. The van der Waals surface area contributed by atoms with Gasteiger partial charge in [0.2, 0.25) is 0 Å². The maximum Gasteiger partial charge on any atom is 0.314 e. The Balaban J connectivity index is 1.57. The minimum Gasteiger partial charge on any atom is -0.481 e. The molecule has 0 aromatic heterocycles. The molecule has 3 heteroatoms. The summed E-state index contributed by atoms with van der Waals surface area (Å²) in [6.45, 7) is 14.3. The van der Waals surface area contributed by atoms with Crippen LogP contribution in [0.25, 0.3) is 0 Å². The first-order valence-corrected chi connectivity index (χ1v) is 13.1. The molecule has 5 rings (SSSR count). The summed E-state index contributed by atoms with van der Waals surface area (Å²) >= 11 is 0. The zero-order chi connectivity index (χ0) is 23.3. The van der Waals surface area contributed by atoms with Crippen molar-refractivity contribution in [3.05, 3.63) is 23.8 Å². The number of aliphatic hydroxyl groups excluding tert-OH is 1. The second-order valence-electron chi connectivity index (χ2n) is 14.1. The topological polar surface area (TPSA) is 57.5 Å². The second-order valence-corrected chi connectivity index (χ2v) is 14.1. The molecule has 0 aromatic rings. The van der Waals surface area contributed by atoms with Gasteiger partial charge in [0, 0.05) is 11.8 Å². The van der Waals surface area contributed by atoms with Gasteiger partial charge in [-0.25, -0.2) is 0 Å². The highest BCUT2D eigenvalue weighted by atomic mass is 16.4. The van der Waals surface area contributed by atoms with Crippen LogP contribution in [0, 0.1) is 50.7 Å². The van der Waals surface area contributed by atoms with Gasteiger partial charge in [0.15, 0.2) is 0 Å². The van der Waals surface area contributed by atoms with E-state index in [0.29, 0.717) is 17.8 Å². The Morgan fingerprint density at radius 1 is 0.938 bits per heavy atom. The van der Waals surface area contributed by atoms with Crippen LogP contribution in [0.2, 0.25) is 0 Å². The predicted molar refractivity (Wildman–Crippen MR) is 128 cm³/mol. The summed E-state index contributed by atoms with van der Waals surface area (Å²) in [7, 11) is 0. The molecular formula is C29H44O3. The second kappa shape index (κ2) is 6.74. The maximum absolute atomic E-state index is 12.6. The van der Waals surface area contributed by atoms with Crippen molar-refractivity contribution in [2.75, 3.05) is 0 Å². The number of rotatable bonds is 1. The van der Waals surface area contributed by atoms with Gasteiger partial charge in [0.1, 0.15) is 0 Å². The molecule has 0 amide bonds. The van der Waals surface area contributed by atoms with Crippen molar-refractivity contribution < 1.29 is 15.0 Å². The van der Waals surface area contributed by atoms with Gasteiger partial charge in [-0.1, -0.05) is 65.3 Å². The molecule has 32 heavy (non-hydrogen) atoms. The Kier molecular flexibility index (Phi) is 4.78. The Hall–Kier alpha value is -1.09. The molecule has 2 N–H and O–H groups in total. The molecule has 178 valence electrons. The van der Waals surface area contributed by atoms with Crippen LogP contribution >= 0.6 is 0 Å². The zero-order valence-corrected chi connectivity index (χ0v) is 21.1. The van der Waals surface area contributed by atoms with Gasteiger partial charge < -0.3 is 10.2 Å². The maximum atomic E-state index is 12.6. The average molecular weight is 441 g/mol. The summed E-state index contributed by atoms with van der Waals surface area (Å²) in [6.07, 6.45) is 14.9. The molecule has 0 bridgehead atoms. The summed E-state index contributed by atoms with van der Waals surface area (Å²) in [5, 5.41) is 21.2. The lowest BCUT2D eigenvalue weighted by molar-refractivity contribution is -0.179. The summed E-state index contributed by atoms with van der Waals surface area (Å²) in [5.74, 6) is 1.01. The molecule has 8 atom stereocenters. The molecule has 0 saturated heterocycles. The molecule has 0 heterocycles. The Labute approximate surface area is 194 Å². The van der Waals surface area contributed by atoms with Gasteiger partial charge in [-0.15, -0.1) is 0 Å². The molecule has 0 aromatic carbocycles. The molecule has 5 aliphatic rings. The van der Waals surface area contributed by atoms with Gasteiger partial charge >= 0.3 is 5.97 Å². The molecule has 8 unspecified atom stereocenters. The molecule has 0 aliphatic heterocycles. The number of carbonyl (C=O) groups is 1. The van der Waals surface area contributed by atoms with E-state index in [0.717, 1.165) is 38.5 Å². The van der Waals surface area contributed by atoms with Crippen LogP contribution in [-0.2, 0) is 4.79 Å². The van der Waals surface area contributed by atoms with Crippen molar-refractivity contribution in [3.8, 4) is 0 Å². The van der Waals surface area contributed by atoms with E-state index < -0.39 is 11.4 Å². The fourth-order valence-corrected chi connectivity index (χ4v) is 9.71. The van der Waals surface area contributed by atoms with E-state index in [1.165, 1.54) is 18.4 Å². The smallest absolute Gasteiger partial charge is 0.314 e. The minimum atomic E-state index is -0.709. The van der Waals surface area contributed by atoms with E-state index in [4.69, 9.17) is 0 Å². The first-order chi connectivity index (χ1) is 14.8. The van der Waals surface area contributed by atoms with Gasteiger partial charge in [-0.2, -0.15) is 0 Å². The fourth-order valence-electron chi connectivity index (χ4n) is 9.71. The standard InChI is InChI=1S/C29H44O3/c1-25(2)15-16-29(24(31)32)14-9-19-18(20(29)17-25)7-8-22-27(19,5)12-10-21-26(3,4)23(30)11-13-28(21,22)6/h7,9,14,19-23,30H,8,10-13,15-17H2,1-6H3,(H,31,32). The van der Waals surface area contributed by atoms with Gasteiger partial charge in [-0.3, -0.25) is 4.79 Å². The third-order valence-electron chi connectivity index (χ3n) is 11.7. The SMILES string of the molecule is CC1(C)CCC2(C(=O)O)C=CC3C(=CCC4C3(C)CCC3C(C)(C)C(O)CCC34C)C2C1. The molecule has 3 fully saturated rings. The highest BCUT2D eigenvalue weighted by Gasteiger charge is 2.64. The minimum absolute atomic E-state index is 0.0351. The number of fused-ring (bicyclic) bond motifs is 7. The summed E-state index contributed by atoms with van der Waals surface area (Å²) in [6, 6.07) is 0. The number of aliphatic hydroxyl groups is 1. The van der Waals surface area contributed by atoms with Crippen LogP contribution in [-0.4, -0.2) is 22.3 Å². The van der Waals surface area contributed by atoms with Gasteiger partial charge in [0.25, 0.3) is 0 Å². The van der Waals surface area contributed by atoms with Crippen LogP contribution in [0.3, 0.4) is 0 Å². The third-order valence-corrected chi connectivity index (χ3v) is 11.7. The van der Waals surface area contributed by atoms with E-state index in [-0.39, 0.29) is 33.7 Å². The number of hydrogen-bond donors (Lipinski definition) is 2. The first-order valence-electron chi connectivity index (χ1n) is 13.1. The van der Waals surface area contributed by atoms with Gasteiger partial charge in [-0.05, 0) is 84.9 Å². The number of hydrogen-bond acceptors (Lipinski definition) is 2. The van der Waals surface area contributed by atoms with Crippen LogP contribution < -0.4 is 0 Å². The molecule has 3 nitrogen and oxygen atoms in total. The van der Waals surface area contributed by atoms with Crippen LogP contribution in [0.1, 0.15) is 92.9 Å². The zero-order valence-electron chi connectivity index (χ0n) is 21.1. The van der Waals surface area contributed by atoms with Crippen LogP contribution in [0.5, 0.6) is 0 Å². The van der Waals surface area contributed by atoms with E-state index >= 15 is 0 Å². The highest BCUT2D eigenvalue weighted by molar-refractivity contribution is 5.79. The van der Waals surface area contributed by atoms with Crippen molar-refractivity contribution in [2.24, 2.45) is 50.7 Å². The molecule has 5 aliphatic carbocycles. The number of aliphatic carboxylic acids is 1. The molecule has 0 spiro atoms. The van der Waals surface area contributed by atoms with Crippen molar-refractivity contribution in [1.29, 1.82) is 0 Å². The summed E-state index contributed by atoms with van der Waals surface area (Å²) < 4.78 is 0. The summed E-state index contributed by atoms with van der Waals surface area (Å²) in [5.41, 5.74) is 1.31. The molecule has 3 saturated carbocycles. The first kappa shape index (κ1) is 22.7. The van der Waals surface area contributed by atoms with Crippen LogP contribution in [0.15, 0.2) is 23.8 Å².